The highest BCUT2D eigenvalue weighted by molar-refractivity contribution is 5.87. The van der Waals surface area contributed by atoms with Crippen LogP contribution in [0.3, 0.4) is 0 Å². The molecule has 0 aromatic rings. The van der Waals surface area contributed by atoms with Crippen molar-refractivity contribution in [3.05, 3.63) is 0 Å². The maximum atomic E-state index is 12.2. The Bertz CT molecular complexity index is 345. The molecule has 1 heterocycles. The van der Waals surface area contributed by atoms with Crippen LogP contribution in [-0.4, -0.2) is 53.4 Å². The lowest BCUT2D eigenvalue weighted by Gasteiger charge is -2.22. The van der Waals surface area contributed by atoms with E-state index < -0.39 is 49.8 Å². The highest BCUT2D eigenvalue weighted by Gasteiger charge is 2.50. The Morgan fingerprint density at radius 1 is 1.33 bits per heavy atom. The molecule has 2 atom stereocenters. The van der Waals surface area contributed by atoms with Crippen LogP contribution in [0.1, 0.15) is 6.42 Å². The molecule has 1 fully saturated rings. The van der Waals surface area contributed by atoms with Crippen molar-refractivity contribution in [1.29, 1.82) is 0 Å². The fourth-order valence-corrected chi connectivity index (χ4v) is 1.66. The first-order valence-corrected chi connectivity index (χ1v) is 4.67. The second-order valence-corrected chi connectivity index (χ2v) is 3.56. The van der Waals surface area contributed by atoms with Gasteiger partial charge in [0.15, 0.2) is 0 Å². The van der Waals surface area contributed by atoms with Gasteiger partial charge >= 0.3 is 24.7 Å². The lowest BCUT2D eigenvalue weighted by atomic mass is 10.2. The van der Waals surface area contributed by atoms with E-state index in [1.807, 2.05) is 0 Å². The second kappa shape index (κ2) is 5.04. The fraction of sp³-hybridized carbons (Fsp3) is 0.750. The Hall–Kier alpha value is -1.45. The van der Waals surface area contributed by atoms with Crippen molar-refractivity contribution in [3.63, 3.8) is 0 Å². The van der Waals surface area contributed by atoms with Crippen molar-refractivity contribution in [2.45, 2.75) is 31.4 Å². The summed E-state index contributed by atoms with van der Waals surface area (Å²) in [5, 5.41) is 8.65. The summed E-state index contributed by atoms with van der Waals surface area (Å²) in [6.07, 6.45) is -7.30. The van der Waals surface area contributed by atoms with Crippen LogP contribution in [0.2, 0.25) is 0 Å². The van der Waals surface area contributed by atoms with Gasteiger partial charge in [-0.2, -0.15) is 22.0 Å². The first kappa shape index (κ1) is 14.6. The first-order chi connectivity index (χ1) is 8.12. The smallest absolute Gasteiger partial charge is 0.471 e. The quantitative estimate of drug-likeness (QED) is 0.776. The van der Waals surface area contributed by atoms with Crippen LogP contribution in [0, 0.1) is 0 Å². The molecule has 1 amide bonds. The zero-order valence-corrected chi connectivity index (χ0v) is 8.66. The number of carboxylic acid groups (broad SMARTS) is 1. The Morgan fingerprint density at radius 2 is 1.89 bits per heavy atom. The number of nitrogens with zero attached hydrogens (tertiary/aromatic N) is 1. The van der Waals surface area contributed by atoms with Crippen LogP contribution < -0.4 is 0 Å². The Balaban J connectivity index is 2.82. The third-order valence-corrected chi connectivity index (χ3v) is 2.35. The minimum absolute atomic E-state index is 0.0185. The lowest BCUT2D eigenvalue weighted by Crippen LogP contribution is -2.47. The largest absolute Gasteiger partial charge is 0.480 e. The normalized spacial score (nSPS) is 24.7. The second-order valence-electron chi connectivity index (χ2n) is 3.56. The van der Waals surface area contributed by atoms with E-state index in [1.165, 1.54) is 0 Å². The predicted molar refractivity (Wildman–Crippen MR) is 44.7 cm³/mol. The van der Waals surface area contributed by atoms with Crippen molar-refractivity contribution < 1.29 is 41.4 Å². The van der Waals surface area contributed by atoms with Gasteiger partial charge in [0, 0.05) is 13.0 Å². The maximum Gasteiger partial charge on any atom is 0.471 e. The molecule has 0 bridgehead atoms. The molecule has 0 unspecified atom stereocenters. The van der Waals surface area contributed by atoms with Crippen LogP contribution in [0.4, 0.5) is 22.0 Å². The minimum Gasteiger partial charge on any atom is -0.480 e. The van der Waals surface area contributed by atoms with Gasteiger partial charge in [0.25, 0.3) is 0 Å². The van der Waals surface area contributed by atoms with E-state index in [9.17, 15) is 31.5 Å². The number of carbonyl (C=O) groups is 2. The SMILES string of the molecule is O=C(O)[C@@H]1C[C@@H](OC(F)F)CN1C(=O)C(F)(F)F. The zero-order valence-electron chi connectivity index (χ0n) is 8.66. The molecule has 0 aromatic carbocycles. The van der Waals surface area contributed by atoms with Crippen LogP contribution in [-0.2, 0) is 14.3 Å². The summed E-state index contributed by atoms with van der Waals surface area (Å²) >= 11 is 0. The maximum absolute atomic E-state index is 12.2. The number of hydrogen-bond acceptors (Lipinski definition) is 3. The van der Waals surface area contributed by atoms with E-state index in [1.54, 1.807) is 0 Å². The third kappa shape index (κ3) is 3.28. The summed E-state index contributed by atoms with van der Waals surface area (Å²) in [6, 6.07) is -1.82. The molecule has 0 spiro atoms. The topological polar surface area (TPSA) is 66.8 Å². The van der Waals surface area contributed by atoms with Gasteiger partial charge < -0.3 is 14.7 Å². The van der Waals surface area contributed by atoms with Gasteiger partial charge in [-0.1, -0.05) is 0 Å². The molecule has 0 saturated carbocycles. The van der Waals surface area contributed by atoms with Crippen molar-refractivity contribution in [2.24, 2.45) is 0 Å². The van der Waals surface area contributed by atoms with Crippen molar-refractivity contribution in [1.82, 2.24) is 4.90 Å². The molecule has 1 N–H and O–H groups in total. The Morgan fingerprint density at radius 3 is 2.28 bits per heavy atom. The molecule has 104 valence electrons. The number of likely N-dealkylation sites (tertiary alicyclic amines) is 1. The summed E-state index contributed by atoms with van der Waals surface area (Å²) < 4.78 is 64.2. The van der Waals surface area contributed by atoms with E-state index in [2.05, 4.69) is 4.74 Å². The molecular formula is C8H8F5NO4. The summed E-state index contributed by atoms with van der Waals surface area (Å²) in [6.45, 7) is -4.08. The molecule has 1 saturated heterocycles. The molecule has 1 aliphatic heterocycles. The molecule has 18 heavy (non-hydrogen) atoms. The van der Waals surface area contributed by atoms with Gasteiger partial charge in [-0.3, -0.25) is 4.79 Å². The van der Waals surface area contributed by atoms with Gasteiger partial charge in [-0.25, -0.2) is 4.79 Å². The van der Waals surface area contributed by atoms with Gasteiger partial charge in [0.2, 0.25) is 0 Å². The van der Waals surface area contributed by atoms with Crippen LogP contribution in [0.5, 0.6) is 0 Å². The van der Waals surface area contributed by atoms with E-state index in [0.29, 0.717) is 0 Å². The fourth-order valence-electron chi connectivity index (χ4n) is 1.66. The van der Waals surface area contributed by atoms with E-state index in [4.69, 9.17) is 5.11 Å². The molecule has 0 aliphatic carbocycles. The number of hydrogen-bond donors (Lipinski definition) is 1. The number of rotatable bonds is 3. The molecule has 1 rings (SSSR count). The standard InChI is InChI=1S/C8H8F5NO4/c9-7(10)18-3-1-4(5(15)16)14(2-3)6(17)8(11,12)13/h3-4,7H,1-2H2,(H,15,16)/t3-,4+/m1/s1. The van der Waals surface area contributed by atoms with Crippen LogP contribution >= 0.6 is 0 Å². The van der Waals surface area contributed by atoms with Gasteiger partial charge in [-0.05, 0) is 0 Å². The number of halogens is 5. The lowest BCUT2D eigenvalue weighted by molar-refractivity contribution is -0.189. The summed E-state index contributed by atoms with van der Waals surface area (Å²) in [4.78, 5) is 21.6. The number of aliphatic carboxylic acids is 1. The average molecular weight is 277 g/mol. The number of carboxylic acids is 1. The molecular weight excluding hydrogens is 269 g/mol. The first-order valence-electron chi connectivity index (χ1n) is 4.67. The molecule has 0 radical (unpaired) electrons. The third-order valence-electron chi connectivity index (χ3n) is 2.35. The van der Waals surface area contributed by atoms with Crippen molar-refractivity contribution >= 4 is 11.9 Å². The number of amides is 1. The average Bonchev–Trinajstić information content (AvgIpc) is 2.57. The highest BCUT2D eigenvalue weighted by atomic mass is 19.4. The van der Waals surface area contributed by atoms with Gasteiger partial charge in [0.1, 0.15) is 6.04 Å². The summed E-state index contributed by atoms with van der Waals surface area (Å²) in [5.41, 5.74) is 0. The molecule has 1 aliphatic rings. The predicted octanol–water partition coefficient (Wildman–Crippen LogP) is 0.842. The summed E-state index contributed by atoms with van der Waals surface area (Å²) in [5.74, 6) is -4.08. The molecule has 10 heteroatoms. The Labute approximate surface area is 97.1 Å². The van der Waals surface area contributed by atoms with E-state index in [0.717, 1.165) is 0 Å². The number of carbonyl (C=O) groups excluding carboxylic acids is 1. The number of ether oxygens (including phenoxy) is 1. The minimum atomic E-state index is -5.26. The number of alkyl halides is 5. The molecule has 0 aromatic heterocycles. The van der Waals surface area contributed by atoms with Gasteiger partial charge in [-0.15, -0.1) is 0 Å². The van der Waals surface area contributed by atoms with Crippen LogP contribution in [0.25, 0.3) is 0 Å². The Kier molecular flexibility index (Phi) is 4.09. The van der Waals surface area contributed by atoms with Crippen LogP contribution in [0.15, 0.2) is 0 Å². The summed E-state index contributed by atoms with van der Waals surface area (Å²) in [7, 11) is 0. The van der Waals surface area contributed by atoms with E-state index >= 15 is 0 Å². The van der Waals surface area contributed by atoms with Gasteiger partial charge in [0.05, 0.1) is 6.10 Å². The molecule has 5 nitrogen and oxygen atoms in total. The zero-order chi connectivity index (χ0) is 14.1. The van der Waals surface area contributed by atoms with Crippen molar-refractivity contribution in [2.75, 3.05) is 6.54 Å². The van der Waals surface area contributed by atoms with Crippen molar-refractivity contribution in [3.8, 4) is 0 Å². The van der Waals surface area contributed by atoms with E-state index in [-0.39, 0.29) is 4.90 Å². The monoisotopic (exact) mass is 277 g/mol. The highest BCUT2D eigenvalue weighted by Crippen LogP contribution is 2.28.